The highest BCUT2D eigenvalue weighted by Gasteiger charge is 2.36. The standard InChI is InChI=1S/C16H17FN2O2/c17-15-8-11(2-1-7-18)3-6-14(15)16(20)19-9-12-4-5-13(10-19)21-12/h3,6,8,12-13H,4-5,7,9-10,18H2. The van der Waals surface area contributed by atoms with E-state index in [-0.39, 0.29) is 30.2 Å². The first-order valence-electron chi connectivity index (χ1n) is 7.10. The van der Waals surface area contributed by atoms with Crippen LogP contribution in [0.4, 0.5) is 4.39 Å². The van der Waals surface area contributed by atoms with Crippen molar-refractivity contribution in [2.75, 3.05) is 19.6 Å². The number of hydrogen-bond donors (Lipinski definition) is 1. The Morgan fingerprint density at radius 3 is 2.71 bits per heavy atom. The van der Waals surface area contributed by atoms with Crippen LogP contribution in [-0.2, 0) is 4.74 Å². The van der Waals surface area contributed by atoms with Crippen LogP contribution >= 0.6 is 0 Å². The molecule has 0 saturated carbocycles. The average Bonchev–Trinajstić information content (AvgIpc) is 2.83. The van der Waals surface area contributed by atoms with Crippen molar-refractivity contribution < 1.29 is 13.9 Å². The molecule has 110 valence electrons. The Morgan fingerprint density at radius 2 is 2.10 bits per heavy atom. The average molecular weight is 288 g/mol. The summed E-state index contributed by atoms with van der Waals surface area (Å²) >= 11 is 0. The number of likely N-dealkylation sites (tertiary alicyclic amines) is 1. The fraction of sp³-hybridized carbons (Fsp3) is 0.438. The number of nitrogens with two attached hydrogens (primary N) is 1. The van der Waals surface area contributed by atoms with Crippen LogP contribution in [0.25, 0.3) is 0 Å². The molecule has 5 heteroatoms. The van der Waals surface area contributed by atoms with Crippen molar-refractivity contribution >= 4 is 5.91 Å². The first-order valence-corrected chi connectivity index (χ1v) is 7.10. The van der Waals surface area contributed by atoms with Gasteiger partial charge in [0.25, 0.3) is 5.91 Å². The lowest BCUT2D eigenvalue weighted by molar-refractivity contribution is -0.0304. The van der Waals surface area contributed by atoms with Crippen molar-refractivity contribution in [1.29, 1.82) is 0 Å². The molecule has 1 amide bonds. The van der Waals surface area contributed by atoms with Gasteiger partial charge in [-0.1, -0.05) is 11.8 Å². The zero-order chi connectivity index (χ0) is 14.8. The van der Waals surface area contributed by atoms with E-state index < -0.39 is 5.82 Å². The topological polar surface area (TPSA) is 55.6 Å². The molecule has 0 aromatic heterocycles. The van der Waals surface area contributed by atoms with E-state index in [0.29, 0.717) is 18.7 Å². The second-order valence-corrected chi connectivity index (χ2v) is 5.37. The van der Waals surface area contributed by atoms with Crippen molar-refractivity contribution in [3.05, 3.63) is 35.1 Å². The first kappa shape index (κ1) is 14.1. The highest BCUT2D eigenvalue weighted by molar-refractivity contribution is 5.94. The molecule has 0 radical (unpaired) electrons. The molecule has 1 aromatic carbocycles. The summed E-state index contributed by atoms with van der Waals surface area (Å²) in [4.78, 5) is 14.1. The van der Waals surface area contributed by atoms with Gasteiger partial charge in [-0.2, -0.15) is 0 Å². The molecule has 0 aliphatic carbocycles. The number of benzene rings is 1. The third kappa shape index (κ3) is 2.92. The van der Waals surface area contributed by atoms with Gasteiger partial charge in [-0.25, -0.2) is 4.39 Å². The number of morpholine rings is 1. The van der Waals surface area contributed by atoms with E-state index in [9.17, 15) is 9.18 Å². The molecular weight excluding hydrogens is 271 g/mol. The third-order valence-corrected chi connectivity index (χ3v) is 3.87. The summed E-state index contributed by atoms with van der Waals surface area (Å²) in [7, 11) is 0. The van der Waals surface area contributed by atoms with Crippen LogP contribution in [0, 0.1) is 17.7 Å². The van der Waals surface area contributed by atoms with Gasteiger partial charge in [0.1, 0.15) is 5.82 Å². The van der Waals surface area contributed by atoms with Crippen LogP contribution in [0.5, 0.6) is 0 Å². The Balaban J connectivity index is 1.78. The van der Waals surface area contributed by atoms with Gasteiger partial charge in [-0.3, -0.25) is 4.79 Å². The van der Waals surface area contributed by atoms with Gasteiger partial charge >= 0.3 is 0 Å². The highest BCUT2D eigenvalue weighted by atomic mass is 19.1. The van der Waals surface area contributed by atoms with Crippen LogP contribution in [0.3, 0.4) is 0 Å². The maximum Gasteiger partial charge on any atom is 0.257 e. The number of nitrogens with zero attached hydrogens (tertiary/aromatic N) is 1. The monoisotopic (exact) mass is 288 g/mol. The minimum absolute atomic E-state index is 0.0922. The Labute approximate surface area is 123 Å². The number of halogens is 1. The number of fused-ring (bicyclic) bond motifs is 2. The van der Waals surface area contributed by atoms with Crippen molar-refractivity contribution in [2.24, 2.45) is 5.73 Å². The summed E-state index contributed by atoms with van der Waals surface area (Å²) in [6, 6.07) is 4.43. The van der Waals surface area contributed by atoms with Gasteiger partial charge in [0.05, 0.1) is 24.3 Å². The van der Waals surface area contributed by atoms with E-state index in [1.54, 1.807) is 11.0 Å². The van der Waals surface area contributed by atoms with Crippen LogP contribution < -0.4 is 5.73 Å². The van der Waals surface area contributed by atoms with Crippen molar-refractivity contribution in [3.8, 4) is 11.8 Å². The van der Waals surface area contributed by atoms with Crippen molar-refractivity contribution in [1.82, 2.24) is 4.90 Å². The molecule has 2 aliphatic heterocycles. The summed E-state index contributed by atoms with van der Waals surface area (Å²) in [6.07, 6.45) is 2.16. The number of amides is 1. The zero-order valence-electron chi connectivity index (χ0n) is 11.6. The first-order chi connectivity index (χ1) is 10.2. The SMILES string of the molecule is NCC#Cc1ccc(C(=O)N2CC3CCC(C2)O3)c(F)c1. The Morgan fingerprint density at radius 1 is 1.38 bits per heavy atom. The molecule has 2 atom stereocenters. The molecule has 2 aliphatic rings. The van der Waals surface area contributed by atoms with Gasteiger partial charge in [0.2, 0.25) is 0 Å². The van der Waals surface area contributed by atoms with Crippen LogP contribution in [0.15, 0.2) is 18.2 Å². The molecule has 2 fully saturated rings. The quantitative estimate of drug-likeness (QED) is 0.788. The largest absolute Gasteiger partial charge is 0.371 e. The Bertz CT molecular complexity index is 608. The molecule has 2 saturated heterocycles. The fourth-order valence-corrected chi connectivity index (χ4v) is 2.87. The lowest BCUT2D eigenvalue weighted by atomic mass is 10.1. The van der Waals surface area contributed by atoms with E-state index in [4.69, 9.17) is 10.5 Å². The smallest absolute Gasteiger partial charge is 0.257 e. The molecule has 2 heterocycles. The number of rotatable bonds is 1. The number of hydrogen-bond acceptors (Lipinski definition) is 3. The van der Waals surface area contributed by atoms with Gasteiger partial charge < -0.3 is 15.4 Å². The summed E-state index contributed by atoms with van der Waals surface area (Å²) in [6.45, 7) is 1.31. The molecule has 2 N–H and O–H groups in total. The Kier molecular flexibility index (Phi) is 3.91. The molecule has 0 spiro atoms. The van der Waals surface area contributed by atoms with E-state index in [1.165, 1.54) is 12.1 Å². The van der Waals surface area contributed by atoms with Gasteiger partial charge in [0, 0.05) is 18.7 Å². The van der Waals surface area contributed by atoms with E-state index in [1.807, 2.05) is 0 Å². The molecular formula is C16H17FN2O2. The second-order valence-electron chi connectivity index (χ2n) is 5.37. The molecule has 2 unspecified atom stereocenters. The minimum atomic E-state index is -0.539. The Hall–Kier alpha value is -1.90. The maximum absolute atomic E-state index is 14.1. The summed E-state index contributed by atoms with van der Waals surface area (Å²) in [5.74, 6) is 4.61. The summed E-state index contributed by atoms with van der Waals surface area (Å²) in [5.41, 5.74) is 5.90. The van der Waals surface area contributed by atoms with Crippen molar-refractivity contribution in [3.63, 3.8) is 0 Å². The molecule has 2 bridgehead atoms. The van der Waals surface area contributed by atoms with Crippen LogP contribution in [0.1, 0.15) is 28.8 Å². The molecule has 1 aromatic rings. The number of ether oxygens (including phenoxy) is 1. The second kappa shape index (κ2) is 5.84. The lowest BCUT2D eigenvalue weighted by Gasteiger charge is -2.32. The normalized spacial score (nSPS) is 23.6. The lowest BCUT2D eigenvalue weighted by Crippen LogP contribution is -2.46. The molecule has 4 nitrogen and oxygen atoms in total. The van der Waals surface area contributed by atoms with Gasteiger partial charge in [0.15, 0.2) is 0 Å². The minimum Gasteiger partial charge on any atom is -0.371 e. The maximum atomic E-state index is 14.1. The third-order valence-electron chi connectivity index (χ3n) is 3.87. The highest BCUT2D eigenvalue weighted by Crippen LogP contribution is 2.27. The predicted octanol–water partition coefficient (Wildman–Crippen LogP) is 1.14. The fourth-order valence-electron chi connectivity index (χ4n) is 2.87. The van der Waals surface area contributed by atoms with Gasteiger partial charge in [-0.15, -0.1) is 0 Å². The van der Waals surface area contributed by atoms with Gasteiger partial charge in [-0.05, 0) is 31.0 Å². The van der Waals surface area contributed by atoms with E-state index in [2.05, 4.69) is 11.8 Å². The van der Waals surface area contributed by atoms with Crippen molar-refractivity contribution in [2.45, 2.75) is 25.0 Å². The van der Waals surface area contributed by atoms with E-state index in [0.717, 1.165) is 12.8 Å². The van der Waals surface area contributed by atoms with E-state index >= 15 is 0 Å². The number of carbonyl (C=O) groups excluding carboxylic acids is 1. The molecule has 21 heavy (non-hydrogen) atoms. The summed E-state index contributed by atoms with van der Waals surface area (Å²) in [5, 5.41) is 0. The van der Waals surface area contributed by atoms with Crippen LogP contribution in [0.2, 0.25) is 0 Å². The number of carbonyl (C=O) groups is 1. The zero-order valence-corrected chi connectivity index (χ0v) is 11.6. The summed E-state index contributed by atoms with van der Waals surface area (Å²) < 4.78 is 19.8. The predicted molar refractivity (Wildman–Crippen MR) is 76.1 cm³/mol. The molecule has 3 rings (SSSR count). The van der Waals surface area contributed by atoms with Crippen LogP contribution in [-0.4, -0.2) is 42.6 Å².